The smallest absolute Gasteiger partial charge is 0.232 e. The lowest BCUT2D eigenvalue weighted by atomic mass is 9.81. The highest BCUT2D eigenvalue weighted by atomic mass is 16.2. The second-order valence-corrected chi connectivity index (χ2v) is 4.67. The molecule has 0 fully saturated rings. The van der Waals surface area contributed by atoms with Crippen molar-refractivity contribution in [2.24, 2.45) is 5.41 Å². The van der Waals surface area contributed by atoms with Crippen molar-refractivity contribution >= 4 is 17.3 Å². The van der Waals surface area contributed by atoms with Crippen LogP contribution in [0.4, 0.5) is 11.4 Å². The molecular weight excluding hydrogens is 226 g/mol. The molecule has 0 spiro atoms. The first-order chi connectivity index (χ1) is 8.65. The lowest BCUT2D eigenvalue weighted by Crippen LogP contribution is -2.39. The second kappa shape index (κ2) is 4.69. The van der Waals surface area contributed by atoms with Crippen LogP contribution in [0, 0.1) is 16.7 Å². The van der Waals surface area contributed by atoms with Crippen LogP contribution in [-0.2, 0) is 4.79 Å². The number of benzene rings is 1. The van der Waals surface area contributed by atoms with Gasteiger partial charge in [0.25, 0.3) is 0 Å². The van der Waals surface area contributed by atoms with Gasteiger partial charge in [-0.2, -0.15) is 5.26 Å². The summed E-state index contributed by atoms with van der Waals surface area (Å²) in [6.45, 7) is 4.66. The maximum absolute atomic E-state index is 12.3. The quantitative estimate of drug-likeness (QED) is 0.839. The molecule has 0 saturated heterocycles. The van der Waals surface area contributed by atoms with Gasteiger partial charge in [0.1, 0.15) is 0 Å². The summed E-state index contributed by atoms with van der Waals surface area (Å²) in [5, 5.41) is 15.1. The van der Waals surface area contributed by atoms with Crippen molar-refractivity contribution in [1.29, 1.82) is 5.26 Å². The Balaban J connectivity index is 2.38. The summed E-state index contributed by atoms with van der Waals surface area (Å²) in [6, 6.07) is 7.37. The van der Waals surface area contributed by atoms with Gasteiger partial charge in [-0.25, -0.2) is 0 Å². The number of nitrogens with one attached hydrogen (secondary N) is 2. The maximum Gasteiger partial charge on any atom is 0.232 e. The Hall–Kier alpha value is -2.02. The molecule has 2 rings (SSSR count). The average molecular weight is 243 g/mol. The van der Waals surface area contributed by atoms with Gasteiger partial charge in [0.2, 0.25) is 5.91 Å². The van der Waals surface area contributed by atoms with Crippen LogP contribution in [0.1, 0.15) is 32.3 Å². The minimum Gasteiger partial charge on any atom is -0.382 e. The number of amides is 1. The van der Waals surface area contributed by atoms with Crippen LogP contribution in [0.5, 0.6) is 0 Å². The molecule has 2 N–H and O–H groups in total. The van der Waals surface area contributed by atoms with Gasteiger partial charge in [0.15, 0.2) is 0 Å². The number of hydrogen-bond donors (Lipinski definition) is 2. The van der Waals surface area contributed by atoms with E-state index in [1.54, 1.807) is 18.2 Å². The van der Waals surface area contributed by atoms with Crippen molar-refractivity contribution in [1.82, 2.24) is 0 Å². The number of nitriles is 1. The van der Waals surface area contributed by atoms with Crippen LogP contribution in [0.25, 0.3) is 0 Å². The van der Waals surface area contributed by atoms with E-state index in [2.05, 4.69) is 16.7 Å². The summed E-state index contributed by atoms with van der Waals surface area (Å²) in [6.07, 6.45) is 1.59. The van der Waals surface area contributed by atoms with Gasteiger partial charge in [-0.15, -0.1) is 0 Å². The van der Waals surface area contributed by atoms with Crippen LogP contribution in [0.15, 0.2) is 18.2 Å². The van der Waals surface area contributed by atoms with Gasteiger partial charge < -0.3 is 10.6 Å². The number of rotatable bonds is 2. The number of fused-ring (bicyclic) bond motifs is 1. The Morgan fingerprint density at radius 2 is 2.06 bits per heavy atom. The number of hydrogen-bond acceptors (Lipinski definition) is 3. The third-order valence-corrected chi connectivity index (χ3v) is 3.85. The molecule has 0 bridgehead atoms. The first kappa shape index (κ1) is 12.4. The van der Waals surface area contributed by atoms with Crippen molar-refractivity contribution in [3.63, 3.8) is 0 Å². The summed E-state index contributed by atoms with van der Waals surface area (Å²) in [7, 11) is 0. The highest BCUT2D eigenvalue weighted by Gasteiger charge is 2.37. The molecule has 1 aromatic carbocycles. The fraction of sp³-hybridized carbons (Fsp3) is 0.429. The van der Waals surface area contributed by atoms with Crippen molar-refractivity contribution in [3.8, 4) is 6.07 Å². The van der Waals surface area contributed by atoms with E-state index >= 15 is 0 Å². The average Bonchev–Trinajstić information content (AvgIpc) is 2.54. The molecule has 0 radical (unpaired) electrons. The fourth-order valence-corrected chi connectivity index (χ4v) is 2.29. The summed E-state index contributed by atoms with van der Waals surface area (Å²) in [5.74, 6) is 0.0588. The highest BCUT2D eigenvalue weighted by Crippen LogP contribution is 2.35. The summed E-state index contributed by atoms with van der Waals surface area (Å²) >= 11 is 0. The Morgan fingerprint density at radius 1 is 1.33 bits per heavy atom. The van der Waals surface area contributed by atoms with E-state index < -0.39 is 0 Å². The van der Waals surface area contributed by atoms with E-state index in [-0.39, 0.29) is 11.3 Å². The lowest BCUT2D eigenvalue weighted by Gasteiger charge is -2.27. The fourth-order valence-electron chi connectivity index (χ4n) is 2.29. The Labute approximate surface area is 107 Å². The van der Waals surface area contributed by atoms with Crippen molar-refractivity contribution in [2.45, 2.75) is 26.7 Å². The Kier molecular flexibility index (Phi) is 3.24. The zero-order chi connectivity index (χ0) is 13.2. The molecule has 94 valence electrons. The van der Waals surface area contributed by atoms with Gasteiger partial charge in [-0.1, -0.05) is 13.8 Å². The molecule has 1 aromatic rings. The van der Waals surface area contributed by atoms with Crippen LogP contribution in [0.3, 0.4) is 0 Å². The standard InChI is InChI=1S/C14H17N3O/c1-3-14(4-2)9-16-12-7-10(8-15)5-6-11(12)17-13(14)18/h5-7,16H,3-4,9H2,1-2H3,(H,17,18). The maximum atomic E-state index is 12.3. The van der Waals surface area contributed by atoms with Gasteiger partial charge in [-0.05, 0) is 31.0 Å². The highest BCUT2D eigenvalue weighted by molar-refractivity contribution is 6.00. The molecule has 4 nitrogen and oxygen atoms in total. The topological polar surface area (TPSA) is 64.9 Å². The van der Waals surface area contributed by atoms with Crippen LogP contribution in [0.2, 0.25) is 0 Å². The van der Waals surface area contributed by atoms with Crippen LogP contribution in [-0.4, -0.2) is 12.5 Å². The lowest BCUT2D eigenvalue weighted by molar-refractivity contribution is -0.125. The van der Waals surface area contributed by atoms with Crippen molar-refractivity contribution in [3.05, 3.63) is 23.8 Å². The zero-order valence-electron chi connectivity index (χ0n) is 10.7. The number of carbonyl (C=O) groups is 1. The van der Waals surface area contributed by atoms with E-state index in [1.165, 1.54) is 0 Å². The monoisotopic (exact) mass is 243 g/mol. The number of carbonyl (C=O) groups excluding carboxylic acids is 1. The molecule has 0 saturated carbocycles. The minimum absolute atomic E-state index is 0.0588. The molecule has 18 heavy (non-hydrogen) atoms. The first-order valence-electron chi connectivity index (χ1n) is 6.24. The zero-order valence-corrected chi connectivity index (χ0v) is 10.7. The molecule has 1 heterocycles. The molecule has 1 aliphatic rings. The molecule has 0 atom stereocenters. The third kappa shape index (κ3) is 1.92. The summed E-state index contributed by atoms with van der Waals surface area (Å²) in [4.78, 5) is 12.3. The molecule has 1 amide bonds. The van der Waals surface area contributed by atoms with Crippen LogP contribution >= 0.6 is 0 Å². The summed E-state index contributed by atoms with van der Waals surface area (Å²) < 4.78 is 0. The van der Waals surface area contributed by atoms with Gasteiger partial charge in [0, 0.05) is 6.54 Å². The van der Waals surface area contributed by atoms with Crippen molar-refractivity contribution in [2.75, 3.05) is 17.2 Å². The SMILES string of the molecule is CCC1(CC)CNc2cc(C#N)ccc2NC1=O. The van der Waals surface area contributed by atoms with E-state index in [4.69, 9.17) is 5.26 Å². The molecule has 1 aliphatic heterocycles. The number of anilines is 2. The number of nitrogens with zero attached hydrogens (tertiary/aromatic N) is 1. The van der Waals surface area contributed by atoms with Gasteiger partial charge in [0.05, 0.1) is 28.4 Å². The third-order valence-electron chi connectivity index (χ3n) is 3.85. The van der Waals surface area contributed by atoms with E-state index in [0.29, 0.717) is 12.1 Å². The van der Waals surface area contributed by atoms with Crippen molar-refractivity contribution < 1.29 is 4.79 Å². The first-order valence-corrected chi connectivity index (χ1v) is 6.24. The predicted octanol–water partition coefficient (Wildman–Crippen LogP) is 2.73. The predicted molar refractivity (Wildman–Crippen MR) is 71.3 cm³/mol. The van der Waals surface area contributed by atoms with E-state index in [1.807, 2.05) is 13.8 Å². The molecule has 0 aromatic heterocycles. The largest absolute Gasteiger partial charge is 0.382 e. The Bertz CT molecular complexity index is 512. The molecule has 0 unspecified atom stereocenters. The normalized spacial score (nSPS) is 16.8. The van der Waals surface area contributed by atoms with E-state index in [9.17, 15) is 4.79 Å². The van der Waals surface area contributed by atoms with Crippen LogP contribution < -0.4 is 10.6 Å². The molecule has 4 heteroatoms. The minimum atomic E-state index is -0.369. The second-order valence-electron chi connectivity index (χ2n) is 4.67. The molecule has 0 aliphatic carbocycles. The summed E-state index contributed by atoms with van der Waals surface area (Å²) in [5.41, 5.74) is 1.80. The molecular formula is C14H17N3O. The van der Waals surface area contributed by atoms with E-state index in [0.717, 1.165) is 24.2 Å². The van der Waals surface area contributed by atoms with Gasteiger partial charge >= 0.3 is 0 Å². The van der Waals surface area contributed by atoms with Gasteiger partial charge in [-0.3, -0.25) is 4.79 Å². The Morgan fingerprint density at radius 3 is 2.67 bits per heavy atom.